The minimum atomic E-state index is -0.500. The summed E-state index contributed by atoms with van der Waals surface area (Å²) in [6, 6.07) is 16.0. The fourth-order valence-corrected chi connectivity index (χ4v) is 5.11. The van der Waals surface area contributed by atoms with Crippen molar-refractivity contribution in [3.63, 3.8) is 0 Å². The third kappa shape index (κ3) is 3.48. The number of carbonyl (C=O) groups excluding carboxylic acids is 1. The lowest BCUT2D eigenvalue weighted by Gasteiger charge is -2.42. The predicted octanol–water partition coefficient (Wildman–Crippen LogP) is 3.49. The van der Waals surface area contributed by atoms with Crippen LogP contribution in [0.25, 0.3) is 21.8 Å². The highest BCUT2D eigenvalue weighted by atomic mass is 16.2. The zero-order valence-corrected chi connectivity index (χ0v) is 19.5. The van der Waals surface area contributed by atoms with E-state index in [0.29, 0.717) is 18.6 Å². The van der Waals surface area contributed by atoms with E-state index in [4.69, 9.17) is 0 Å². The molecule has 2 aromatic carbocycles. The molecule has 5 rings (SSSR count). The van der Waals surface area contributed by atoms with Gasteiger partial charge in [0.25, 0.3) is 5.56 Å². The van der Waals surface area contributed by atoms with Gasteiger partial charge in [-0.15, -0.1) is 0 Å². The molecule has 0 bridgehead atoms. The third-order valence-electron chi connectivity index (χ3n) is 6.82. The molecular formula is C26H29N5O2. The van der Waals surface area contributed by atoms with Gasteiger partial charge in [0.1, 0.15) is 11.6 Å². The second-order valence-corrected chi connectivity index (χ2v) is 9.06. The molecule has 1 aliphatic rings. The maximum absolute atomic E-state index is 13.7. The summed E-state index contributed by atoms with van der Waals surface area (Å²) in [4.78, 5) is 31.0. The van der Waals surface area contributed by atoms with Crippen LogP contribution in [0.4, 0.5) is 5.69 Å². The van der Waals surface area contributed by atoms with Crippen molar-refractivity contribution in [2.75, 3.05) is 24.5 Å². The van der Waals surface area contributed by atoms with Crippen LogP contribution in [0.3, 0.4) is 0 Å². The number of benzene rings is 2. The highest BCUT2D eigenvalue weighted by Gasteiger charge is 2.31. The zero-order valence-electron chi connectivity index (χ0n) is 19.5. The summed E-state index contributed by atoms with van der Waals surface area (Å²) < 4.78 is 3.23. The lowest BCUT2D eigenvalue weighted by atomic mass is 10.1. The number of para-hydroxylation sites is 1. The fourth-order valence-electron chi connectivity index (χ4n) is 5.11. The summed E-state index contributed by atoms with van der Waals surface area (Å²) in [6.45, 7) is 8.23. The Kier molecular flexibility index (Phi) is 5.19. The van der Waals surface area contributed by atoms with Gasteiger partial charge in [-0.1, -0.05) is 30.3 Å². The van der Waals surface area contributed by atoms with Gasteiger partial charge in [-0.3, -0.25) is 9.59 Å². The summed E-state index contributed by atoms with van der Waals surface area (Å²) in [7, 11) is 1.64. The molecule has 4 aromatic rings. The fraction of sp³-hybridized carbons (Fsp3) is 0.346. The summed E-state index contributed by atoms with van der Waals surface area (Å²) in [5, 5.41) is 5.93. The Labute approximate surface area is 192 Å². The van der Waals surface area contributed by atoms with E-state index in [0.717, 1.165) is 22.8 Å². The van der Waals surface area contributed by atoms with E-state index in [2.05, 4.69) is 48.1 Å². The van der Waals surface area contributed by atoms with Crippen LogP contribution >= 0.6 is 0 Å². The monoisotopic (exact) mass is 443 g/mol. The summed E-state index contributed by atoms with van der Waals surface area (Å²) >= 11 is 0. The van der Waals surface area contributed by atoms with Gasteiger partial charge in [-0.25, -0.2) is 4.68 Å². The van der Waals surface area contributed by atoms with Gasteiger partial charge in [0, 0.05) is 49.2 Å². The molecule has 0 saturated carbocycles. The quantitative estimate of drug-likeness (QED) is 0.486. The van der Waals surface area contributed by atoms with Gasteiger partial charge >= 0.3 is 0 Å². The van der Waals surface area contributed by atoms with Crippen LogP contribution in [-0.2, 0) is 11.8 Å². The number of rotatable bonds is 3. The largest absolute Gasteiger partial charge is 0.365 e. The van der Waals surface area contributed by atoms with Gasteiger partial charge in [0.05, 0.1) is 11.7 Å². The molecule has 0 aliphatic carbocycles. The second kappa shape index (κ2) is 8.06. The number of anilines is 1. The topological polar surface area (TPSA) is 63.4 Å². The number of amides is 1. The second-order valence-electron chi connectivity index (χ2n) is 9.06. The van der Waals surface area contributed by atoms with Crippen LogP contribution in [0.5, 0.6) is 0 Å². The van der Waals surface area contributed by atoms with Gasteiger partial charge in [-0.2, -0.15) is 5.10 Å². The molecular weight excluding hydrogens is 414 g/mol. The smallest absolute Gasteiger partial charge is 0.291 e. The first kappa shape index (κ1) is 21.2. The van der Waals surface area contributed by atoms with E-state index in [9.17, 15) is 9.59 Å². The van der Waals surface area contributed by atoms with Crippen molar-refractivity contribution in [1.29, 1.82) is 0 Å². The van der Waals surface area contributed by atoms with Crippen molar-refractivity contribution < 1.29 is 4.79 Å². The van der Waals surface area contributed by atoms with E-state index in [-0.39, 0.29) is 17.5 Å². The Morgan fingerprint density at radius 2 is 1.88 bits per heavy atom. The maximum atomic E-state index is 13.7. The SMILES string of the molecule is Cc1cccc(N2CCN(C(=O)[C@@H](C)n3c4ccccc4c4cnn(C)c(=O)c43)C[C@H]2C)c1. The van der Waals surface area contributed by atoms with Crippen molar-refractivity contribution in [2.45, 2.75) is 32.9 Å². The Bertz CT molecular complexity index is 1420. The number of fused-ring (bicyclic) bond motifs is 3. The molecule has 1 fully saturated rings. The molecule has 0 unspecified atom stereocenters. The molecule has 0 radical (unpaired) electrons. The lowest BCUT2D eigenvalue weighted by Crippen LogP contribution is -2.55. The Morgan fingerprint density at radius 1 is 1.09 bits per heavy atom. The normalized spacial score (nSPS) is 17.6. The summed E-state index contributed by atoms with van der Waals surface area (Å²) in [5.41, 5.74) is 3.64. The number of hydrogen-bond acceptors (Lipinski definition) is 4. The van der Waals surface area contributed by atoms with E-state index in [1.54, 1.807) is 13.2 Å². The Hall–Kier alpha value is -3.61. The van der Waals surface area contributed by atoms with Crippen molar-refractivity contribution >= 4 is 33.4 Å². The van der Waals surface area contributed by atoms with Crippen LogP contribution in [0, 0.1) is 6.92 Å². The highest BCUT2D eigenvalue weighted by molar-refractivity contribution is 6.08. The summed E-state index contributed by atoms with van der Waals surface area (Å²) in [6.07, 6.45) is 1.72. The van der Waals surface area contributed by atoms with Crippen molar-refractivity contribution in [3.05, 3.63) is 70.6 Å². The molecule has 2 atom stereocenters. The molecule has 0 N–H and O–H groups in total. The van der Waals surface area contributed by atoms with Crippen LogP contribution in [0.1, 0.15) is 25.5 Å². The molecule has 2 aromatic heterocycles. The first-order valence-corrected chi connectivity index (χ1v) is 11.4. The lowest BCUT2D eigenvalue weighted by molar-refractivity contribution is -0.134. The zero-order chi connectivity index (χ0) is 23.3. The van der Waals surface area contributed by atoms with Crippen molar-refractivity contribution in [1.82, 2.24) is 19.2 Å². The van der Waals surface area contributed by atoms with Crippen molar-refractivity contribution in [3.8, 4) is 0 Å². The summed E-state index contributed by atoms with van der Waals surface area (Å²) in [5.74, 6) is 0.0345. The molecule has 1 aliphatic heterocycles. The predicted molar refractivity (Wildman–Crippen MR) is 132 cm³/mol. The Balaban J connectivity index is 1.48. The van der Waals surface area contributed by atoms with Gasteiger partial charge in [0.2, 0.25) is 5.91 Å². The number of nitrogens with zero attached hydrogens (tertiary/aromatic N) is 5. The molecule has 3 heterocycles. The number of aryl methyl sites for hydroxylation is 2. The Morgan fingerprint density at radius 3 is 2.64 bits per heavy atom. The molecule has 7 nitrogen and oxygen atoms in total. The minimum absolute atomic E-state index is 0.0345. The number of piperazine rings is 1. The van der Waals surface area contributed by atoms with Crippen LogP contribution in [0.2, 0.25) is 0 Å². The molecule has 1 amide bonds. The van der Waals surface area contributed by atoms with Gasteiger partial charge in [0.15, 0.2) is 0 Å². The van der Waals surface area contributed by atoms with E-state index in [1.807, 2.05) is 40.7 Å². The average Bonchev–Trinajstić information content (AvgIpc) is 3.15. The standard InChI is InChI=1S/C26H29N5O2/c1-17-8-7-9-20(14-17)30-13-12-29(16-18(30)2)25(32)19(3)31-23-11-6-5-10-21(23)22-15-27-28(4)26(33)24(22)31/h5-11,14-15,18-19H,12-13,16H2,1-4H3/t18-,19-/m1/s1. The van der Waals surface area contributed by atoms with Crippen LogP contribution in [0.15, 0.2) is 59.5 Å². The average molecular weight is 444 g/mol. The molecule has 33 heavy (non-hydrogen) atoms. The van der Waals surface area contributed by atoms with E-state index in [1.165, 1.54) is 15.9 Å². The maximum Gasteiger partial charge on any atom is 0.291 e. The number of hydrogen-bond donors (Lipinski definition) is 0. The minimum Gasteiger partial charge on any atom is -0.365 e. The molecule has 7 heteroatoms. The van der Waals surface area contributed by atoms with Crippen molar-refractivity contribution in [2.24, 2.45) is 7.05 Å². The molecule has 0 spiro atoms. The number of carbonyl (C=O) groups is 1. The third-order valence-corrected chi connectivity index (χ3v) is 6.82. The van der Waals surface area contributed by atoms with Crippen LogP contribution in [-0.4, -0.2) is 50.8 Å². The first-order valence-electron chi connectivity index (χ1n) is 11.4. The molecule has 1 saturated heterocycles. The number of aromatic nitrogens is 3. The van der Waals surface area contributed by atoms with E-state index < -0.39 is 6.04 Å². The highest BCUT2D eigenvalue weighted by Crippen LogP contribution is 2.31. The molecule has 170 valence electrons. The first-order chi connectivity index (χ1) is 15.9. The van der Waals surface area contributed by atoms with E-state index >= 15 is 0 Å². The van der Waals surface area contributed by atoms with Crippen LogP contribution < -0.4 is 10.5 Å². The van der Waals surface area contributed by atoms with Gasteiger partial charge in [-0.05, 0) is 44.5 Å². The van der Waals surface area contributed by atoms with Gasteiger partial charge < -0.3 is 14.4 Å².